The first kappa shape index (κ1) is 18.2. The van der Waals surface area contributed by atoms with Gasteiger partial charge in [0.05, 0.1) is 26.7 Å². The molecule has 2 aromatic heterocycles. The first-order valence-electron chi connectivity index (χ1n) is 8.12. The van der Waals surface area contributed by atoms with Crippen LogP contribution in [0.5, 0.6) is 0 Å². The number of rotatable bonds is 3. The van der Waals surface area contributed by atoms with Crippen molar-refractivity contribution in [1.82, 2.24) is 14.8 Å². The van der Waals surface area contributed by atoms with E-state index in [-0.39, 0.29) is 21.2 Å². The van der Waals surface area contributed by atoms with Crippen molar-refractivity contribution in [1.29, 1.82) is 0 Å². The number of fused-ring (bicyclic) bond motifs is 1. The Bertz CT molecular complexity index is 1210. The third kappa shape index (κ3) is 3.02. The largest absolute Gasteiger partial charge is 0.478 e. The van der Waals surface area contributed by atoms with Gasteiger partial charge in [0, 0.05) is 23.3 Å². The van der Waals surface area contributed by atoms with E-state index in [0.29, 0.717) is 22.2 Å². The van der Waals surface area contributed by atoms with Crippen LogP contribution in [0, 0.1) is 0 Å². The maximum Gasteiger partial charge on any atom is 0.335 e. The van der Waals surface area contributed by atoms with Crippen molar-refractivity contribution < 1.29 is 14.7 Å². The smallest absolute Gasteiger partial charge is 0.335 e. The zero-order valence-corrected chi connectivity index (χ0v) is 15.6. The molecule has 2 aromatic carbocycles. The van der Waals surface area contributed by atoms with Gasteiger partial charge in [-0.15, -0.1) is 0 Å². The summed E-state index contributed by atoms with van der Waals surface area (Å²) >= 11 is 12.4. The summed E-state index contributed by atoms with van der Waals surface area (Å²) in [6.45, 7) is 0. The highest BCUT2D eigenvalue weighted by Gasteiger charge is 2.22. The van der Waals surface area contributed by atoms with Gasteiger partial charge in [0.2, 0.25) is 0 Å². The van der Waals surface area contributed by atoms with Crippen molar-refractivity contribution in [2.24, 2.45) is 0 Å². The number of carboxylic acids is 1. The van der Waals surface area contributed by atoms with Crippen LogP contribution in [0.3, 0.4) is 0 Å². The van der Waals surface area contributed by atoms with Crippen LogP contribution in [0.4, 0.5) is 0 Å². The average molecular weight is 412 g/mol. The number of aromatic nitrogens is 3. The topological polar surface area (TPSA) is 85.1 Å². The number of carbonyl (C=O) groups excluding carboxylic acids is 1. The van der Waals surface area contributed by atoms with Crippen molar-refractivity contribution in [3.8, 4) is 11.3 Å². The zero-order chi connectivity index (χ0) is 19.8. The van der Waals surface area contributed by atoms with E-state index >= 15 is 0 Å². The molecule has 0 atom stereocenters. The molecule has 4 aromatic rings. The molecule has 0 aliphatic carbocycles. The molecule has 2 heterocycles. The number of nitrogens with zero attached hydrogens (tertiary/aromatic N) is 3. The molecule has 138 valence electrons. The van der Waals surface area contributed by atoms with Crippen LogP contribution in [0.1, 0.15) is 20.7 Å². The predicted molar refractivity (Wildman–Crippen MR) is 106 cm³/mol. The summed E-state index contributed by atoms with van der Waals surface area (Å²) in [7, 11) is 0. The summed E-state index contributed by atoms with van der Waals surface area (Å²) < 4.78 is 1.23. The molecule has 0 aliphatic rings. The standard InChI is InChI=1S/C20H11Cl2N3O3/c21-14-2-1-3-15(22)17(14)19(26)25-16-8-9-23-10-13(16)18(24-25)11-4-6-12(7-5-11)20(27)28/h1-10H,(H,27,28). The molecular formula is C20H11Cl2N3O3. The summed E-state index contributed by atoms with van der Waals surface area (Å²) in [5, 5.41) is 14.6. The van der Waals surface area contributed by atoms with E-state index in [1.807, 2.05) is 0 Å². The molecule has 28 heavy (non-hydrogen) atoms. The second kappa shape index (κ2) is 7.07. The fourth-order valence-electron chi connectivity index (χ4n) is 2.91. The number of aromatic carboxylic acids is 1. The molecular weight excluding hydrogens is 401 g/mol. The third-order valence-corrected chi connectivity index (χ3v) is 4.89. The Hall–Kier alpha value is -3.22. The molecule has 0 radical (unpaired) electrons. The third-order valence-electron chi connectivity index (χ3n) is 4.26. The normalized spacial score (nSPS) is 10.9. The lowest BCUT2D eigenvalue weighted by atomic mass is 10.1. The Kier molecular flexibility index (Phi) is 4.58. The van der Waals surface area contributed by atoms with Gasteiger partial charge in [0.15, 0.2) is 0 Å². The second-order valence-electron chi connectivity index (χ2n) is 5.94. The number of halogens is 2. The Morgan fingerprint density at radius 2 is 1.64 bits per heavy atom. The lowest BCUT2D eigenvalue weighted by Crippen LogP contribution is -2.14. The van der Waals surface area contributed by atoms with E-state index < -0.39 is 11.9 Å². The first-order valence-corrected chi connectivity index (χ1v) is 8.88. The molecule has 0 amide bonds. The van der Waals surface area contributed by atoms with Crippen molar-refractivity contribution in [3.63, 3.8) is 0 Å². The highest BCUT2D eigenvalue weighted by atomic mass is 35.5. The molecule has 0 fully saturated rings. The number of hydrogen-bond donors (Lipinski definition) is 1. The Balaban J connectivity index is 1.90. The minimum atomic E-state index is -1.02. The molecule has 0 unspecified atom stereocenters. The van der Waals surface area contributed by atoms with Crippen LogP contribution in [-0.4, -0.2) is 31.7 Å². The minimum Gasteiger partial charge on any atom is -0.478 e. The molecule has 0 saturated heterocycles. The second-order valence-corrected chi connectivity index (χ2v) is 6.75. The van der Waals surface area contributed by atoms with Gasteiger partial charge in [-0.25, -0.2) is 4.79 Å². The van der Waals surface area contributed by atoms with Crippen molar-refractivity contribution >= 4 is 46.0 Å². The minimum absolute atomic E-state index is 0.153. The Labute approximate surface area is 169 Å². The number of benzene rings is 2. The summed E-state index contributed by atoms with van der Waals surface area (Å²) in [4.78, 5) is 28.3. The molecule has 4 rings (SSSR count). The van der Waals surface area contributed by atoms with E-state index in [0.717, 1.165) is 0 Å². The highest BCUT2D eigenvalue weighted by Crippen LogP contribution is 2.30. The van der Waals surface area contributed by atoms with Crippen LogP contribution in [-0.2, 0) is 0 Å². The SMILES string of the molecule is O=C(O)c1ccc(-c2nn(C(=O)c3c(Cl)cccc3Cl)c3ccncc23)cc1. The first-order chi connectivity index (χ1) is 13.5. The van der Waals surface area contributed by atoms with Gasteiger partial charge >= 0.3 is 5.97 Å². The Morgan fingerprint density at radius 1 is 0.964 bits per heavy atom. The zero-order valence-electron chi connectivity index (χ0n) is 14.1. The quantitative estimate of drug-likeness (QED) is 0.523. The highest BCUT2D eigenvalue weighted by molar-refractivity contribution is 6.39. The molecule has 1 N–H and O–H groups in total. The molecule has 0 bridgehead atoms. The number of hydrogen-bond acceptors (Lipinski definition) is 4. The van der Waals surface area contributed by atoms with Gasteiger partial charge in [0.25, 0.3) is 5.91 Å². The van der Waals surface area contributed by atoms with Gasteiger partial charge < -0.3 is 5.11 Å². The summed E-state index contributed by atoms with van der Waals surface area (Å²) in [5.74, 6) is -1.49. The lowest BCUT2D eigenvalue weighted by Gasteiger charge is -2.06. The van der Waals surface area contributed by atoms with Crippen LogP contribution in [0.2, 0.25) is 10.0 Å². The summed E-state index contributed by atoms with van der Waals surface area (Å²) in [6, 6.07) is 12.7. The van der Waals surface area contributed by atoms with Gasteiger partial charge in [-0.3, -0.25) is 9.78 Å². The monoisotopic (exact) mass is 411 g/mol. The fourth-order valence-corrected chi connectivity index (χ4v) is 3.47. The van der Waals surface area contributed by atoms with Crippen molar-refractivity contribution in [2.75, 3.05) is 0 Å². The van der Waals surface area contributed by atoms with E-state index in [1.165, 1.54) is 16.8 Å². The van der Waals surface area contributed by atoms with E-state index in [1.54, 1.807) is 48.8 Å². The number of pyridine rings is 1. The van der Waals surface area contributed by atoms with Crippen molar-refractivity contribution in [3.05, 3.63) is 82.1 Å². The van der Waals surface area contributed by atoms with Gasteiger partial charge in [-0.2, -0.15) is 9.78 Å². The molecule has 6 nitrogen and oxygen atoms in total. The van der Waals surface area contributed by atoms with Crippen LogP contribution >= 0.6 is 23.2 Å². The van der Waals surface area contributed by atoms with Crippen LogP contribution in [0.15, 0.2) is 60.9 Å². The van der Waals surface area contributed by atoms with Gasteiger partial charge in [-0.05, 0) is 30.3 Å². The van der Waals surface area contributed by atoms with Gasteiger partial charge in [0.1, 0.15) is 5.69 Å². The lowest BCUT2D eigenvalue weighted by molar-refractivity contribution is 0.0696. The summed E-state index contributed by atoms with van der Waals surface area (Å²) in [5.41, 5.74) is 1.99. The predicted octanol–water partition coefficient (Wildman–Crippen LogP) is 4.79. The van der Waals surface area contributed by atoms with Gasteiger partial charge in [-0.1, -0.05) is 41.4 Å². The van der Waals surface area contributed by atoms with Crippen molar-refractivity contribution in [2.45, 2.75) is 0 Å². The maximum absolute atomic E-state index is 13.1. The Morgan fingerprint density at radius 3 is 2.29 bits per heavy atom. The van der Waals surface area contributed by atoms with E-state index in [4.69, 9.17) is 28.3 Å². The van der Waals surface area contributed by atoms with Crippen LogP contribution < -0.4 is 0 Å². The van der Waals surface area contributed by atoms with E-state index in [2.05, 4.69) is 10.1 Å². The number of carboxylic acid groups (broad SMARTS) is 1. The summed E-state index contributed by atoms with van der Waals surface area (Å²) in [6.07, 6.45) is 3.15. The molecule has 0 saturated carbocycles. The number of carbonyl (C=O) groups is 2. The fraction of sp³-hybridized carbons (Fsp3) is 0. The molecule has 8 heteroatoms. The average Bonchev–Trinajstić information content (AvgIpc) is 3.07. The van der Waals surface area contributed by atoms with Crippen LogP contribution in [0.25, 0.3) is 22.2 Å². The maximum atomic E-state index is 13.1. The molecule has 0 aliphatic heterocycles. The van der Waals surface area contributed by atoms with E-state index in [9.17, 15) is 9.59 Å². The molecule has 0 spiro atoms.